The Hall–Kier alpha value is -3.44. The Kier molecular flexibility index (Phi) is 5.97. The predicted octanol–water partition coefficient (Wildman–Crippen LogP) is 3.54. The first-order valence-electron chi connectivity index (χ1n) is 11.4. The standard InChI is InChI=1S/C28H26BN3O/c1-20-30-26-16-17-31(18-21-12-14-24(29)15-13-21)19-25(26)28(33)32(20)27(22-8-4-2-5-9-22)23-10-6-3-7-11-23/h2-15,27H,16-19H2,1H3. The smallest absolute Gasteiger partial charge is 0.259 e. The SMILES string of the molecule is [B]c1ccc(CN2CCc3nc(C)n(C(c4ccccc4)c4ccccc4)c(=O)c3C2)cc1. The van der Waals surface area contributed by atoms with E-state index in [1.807, 2.05) is 60.0 Å². The molecule has 4 nitrogen and oxygen atoms in total. The van der Waals surface area contributed by atoms with Crippen LogP contribution in [-0.2, 0) is 19.5 Å². The van der Waals surface area contributed by atoms with Crippen LogP contribution in [0.2, 0.25) is 0 Å². The van der Waals surface area contributed by atoms with Crippen molar-refractivity contribution in [2.75, 3.05) is 6.54 Å². The fraction of sp³-hybridized carbons (Fsp3) is 0.214. The maximum atomic E-state index is 13.9. The summed E-state index contributed by atoms with van der Waals surface area (Å²) in [4.78, 5) is 21.2. The number of benzene rings is 3. The molecule has 0 bridgehead atoms. The fourth-order valence-corrected chi connectivity index (χ4v) is 4.75. The molecular weight excluding hydrogens is 405 g/mol. The van der Waals surface area contributed by atoms with Gasteiger partial charge in [0, 0.05) is 26.1 Å². The predicted molar refractivity (Wildman–Crippen MR) is 133 cm³/mol. The van der Waals surface area contributed by atoms with Crippen LogP contribution in [0.1, 0.15) is 39.8 Å². The highest BCUT2D eigenvalue weighted by Gasteiger charge is 2.26. The third kappa shape index (κ3) is 4.42. The number of aromatic nitrogens is 2. The van der Waals surface area contributed by atoms with Crippen LogP contribution >= 0.6 is 0 Å². The summed E-state index contributed by atoms with van der Waals surface area (Å²) in [6.07, 6.45) is 0.780. The van der Waals surface area contributed by atoms with Gasteiger partial charge in [-0.1, -0.05) is 90.4 Å². The summed E-state index contributed by atoms with van der Waals surface area (Å²) >= 11 is 0. The first kappa shape index (κ1) is 21.4. The third-order valence-corrected chi connectivity index (χ3v) is 6.39. The largest absolute Gasteiger partial charge is 0.294 e. The summed E-state index contributed by atoms with van der Waals surface area (Å²) in [5.74, 6) is 0.753. The molecule has 0 unspecified atom stereocenters. The van der Waals surface area contributed by atoms with Crippen molar-refractivity contribution < 1.29 is 0 Å². The first-order valence-corrected chi connectivity index (χ1v) is 11.4. The van der Waals surface area contributed by atoms with Gasteiger partial charge in [0.25, 0.3) is 5.56 Å². The molecule has 1 aliphatic rings. The first-order chi connectivity index (χ1) is 16.1. The Morgan fingerprint density at radius 3 is 2.12 bits per heavy atom. The number of nitrogens with zero attached hydrogens (tertiary/aromatic N) is 3. The maximum Gasteiger partial charge on any atom is 0.259 e. The highest BCUT2D eigenvalue weighted by atomic mass is 16.1. The van der Waals surface area contributed by atoms with E-state index in [4.69, 9.17) is 12.8 Å². The molecule has 3 aromatic carbocycles. The molecule has 5 heteroatoms. The van der Waals surface area contributed by atoms with Gasteiger partial charge in [0.1, 0.15) is 13.7 Å². The maximum absolute atomic E-state index is 13.9. The zero-order valence-corrected chi connectivity index (χ0v) is 18.8. The lowest BCUT2D eigenvalue weighted by atomic mass is 9.95. The van der Waals surface area contributed by atoms with E-state index in [0.717, 1.165) is 53.2 Å². The number of fused-ring (bicyclic) bond motifs is 1. The second-order valence-corrected chi connectivity index (χ2v) is 8.69. The minimum atomic E-state index is -0.217. The molecule has 162 valence electrons. The molecule has 1 aromatic heterocycles. The Balaban J connectivity index is 1.55. The molecule has 0 N–H and O–H groups in total. The van der Waals surface area contributed by atoms with Gasteiger partial charge in [0.2, 0.25) is 0 Å². The average molecular weight is 431 g/mol. The van der Waals surface area contributed by atoms with Crippen molar-refractivity contribution in [2.24, 2.45) is 0 Å². The molecule has 4 aromatic rings. The molecule has 2 heterocycles. The van der Waals surface area contributed by atoms with Gasteiger partial charge in [-0.3, -0.25) is 14.3 Å². The van der Waals surface area contributed by atoms with Crippen LogP contribution in [0, 0.1) is 6.92 Å². The molecule has 0 saturated heterocycles. The van der Waals surface area contributed by atoms with Crippen molar-refractivity contribution in [1.82, 2.24) is 14.5 Å². The molecule has 0 fully saturated rings. The van der Waals surface area contributed by atoms with Crippen LogP contribution in [0.25, 0.3) is 0 Å². The lowest BCUT2D eigenvalue weighted by Gasteiger charge is -2.30. The van der Waals surface area contributed by atoms with Gasteiger partial charge in [0.15, 0.2) is 0 Å². The fourth-order valence-electron chi connectivity index (χ4n) is 4.75. The van der Waals surface area contributed by atoms with E-state index >= 15 is 0 Å². The molecule has 1 aliphatic heterocycles. The van der Waals surface area contributed by atoms with Crippen LogP contribution in [0.4, 0.5) is 0 Å². The highest BCUT2D eigenvalue weighted by molar-refractivity contribution is 6.32. The minimum Gasteiger partial charge on any atom is -0.294 e. The molecule has 2 radical (unpaired) electrons. The van der Waals surface area contributed by atoms with Crippen LogP contribution in [0.3, 0.4) is 0 Å². The summed E-state index contributed by atoms with van der Waals surface area (Å²) in [5, 5.41) is 0. The quantitative estimate of drug-likeness (QED) is 0.454. The Morgan fingerprint density at radius 2 is 1.52 bits per heavy atom. The summed E-state index contributed by atoms with van der Waals surface area (Å²) in [5.41, 5.74) is 5.89. The lowest BCUT2D eigenvalue weighted by Crippen LogP contribution is -2.40. The Bertz CT molecular complexity index is 1260. The third-order valence-electron chi connectivity index (χ3n) is 6.39. The van der Waals surface area contributed by atoms with Gasteiger partial charge in [-0.15, -0.1) is 0 Å². The zero-order valence-electron chi connectivity index (χ0n) is 18.8. The van der Waals surface area contributed by atoms with Crippen molar-refractivity contribution in [3.05, 3.63) is 129 Å². The number of aryl methyl sites for hydroxylation is 1. The molecule has 0 atom stereocenters. The molecule has 0 amide bonds. The molecule has 0 aliphatic carbocycles. The molecule has 0 spiro atoms. The normalized spacial score (nSPS) is 13.8. The van der Waals surface area contributed by atoms with Gasteiger partial charge in [0.05, 0.1) is 17.3 Å². The zero-order chi connectivity index (χ0) is 22.8. The molecular formula is C28H26BN3O. The molecule has 33 heavy (non-hydrogen) atoms. The van der Waals surface area contributed by atoms with Crippen molar-refractivity contribution in [2.45, 2.75) is 32.5 Å². The monoisotopic (exact) mass is 431 g/mol. The van der Waals surface area contributed by atoms with E-state index in [9.17, 15) is 4.79 Å². The number of hydrogen-bond acceptors (Lipinski definition) is 3. The van der Waals surface area contributed by atoms with E-state index in [2.05, 4.69) is 41.3 Å². The van der Waals surface area contributed by atoms with Crippen LogP contribution in [0.5, 0.6) is 0 Å². The number of hydrogen-bond donors (Lipinski definition) is 0. The topological polar surface area (TPSA) is 38.1 Å². The lowest BCUT2D eigenvalue weighted by molar-refractivity contribution is 0.240. The second kappa shape index (κ2) is 9.20. The van der Waals surface area contributed by atoms with Gasteiger partial charge in [-0.2, -0.15) is 0 Å². The van der Waals surface area contributed by atoms with Crippen molar-refractivity contribution in [3.63, 3.8) is 0 Å². The summed E-state index contributed by atoms with van der Waals surface area (Å²) in [6.45, 7) is 4.21. The van der Waals surface area contributed by atoms with Crippen molar-refractivity contribution in [3.8, 4) is 0 Å². The average Bonchev–Trinajstić information content (AvgIpc) is 2.85. The van der Waals surface area contributed by atoms with E-state index in [1.54, 1.807) is 0 Å². The van der Waals surface area contributed by atoms with Gasteiger partial charge in [-0.05, 0) is 23.6 Å². The van der Waals surface area contributed by atoms with Gasteiger partial charge < -0.3 is 0 Å². The number of rotatable bonds is 5. The minimum absolute atomic E-state index is 0.0530. The van der Waals surface area contributed by atoms with E-state index in [1.165, 1.54) is 5.56 Å². The van der Waals surface area contributed by atoms with Crippen LogP contribution < -0.4 is 11.0 Å². The van der Waals surface area contributed by atoms with Gasteiger partial charge in [-0.25, -0.2) is 4.98 Å². The summed E-state index contributed by atoms with van der Waals surface area (Å²) in [7, 11) is 5.83. The summed E-state index contributed by atoms with van der Waals surface area (Å²) in [6, 6.07) is 28.1. The summed E-state index contributed by atoms with van der Waals surface area (Å²) < 4.78 is 1.87. The second-order valence-electron chi connectivity index (χ2n) is 8.69. The highest BCUT2D eigenvalue weighted by Crippen LogP contribution is 2.27. The van der Waals surface area contributed by atoms with Crippen LogP contribution in [-0.4, -0.2) is 28.8 Å². The van der Waals surface area contributed by atoms with E-state index in [0.29, 0.717) is 6.54 Å². The Labute approximate surface area is 196 Å². The van der Waals surface area contributed by atoms with Crippen LogP contribution in [0.15, 0.2) is 89.7 Å². The van der Waals surface area contributed by atoms with Gasteiger partial charge >= 0.3 is 0 Å². The molecule has 5 rings (SSSR count). The van der Waals surface area contributed by atoms with E-state index in [-0.39, 0.29) is 11.6 Å². The van der Waals surface area contributed by atoms with Crippen molar-refractivity contribution >= 4 is 13.3 Å². The van der Waals surface area contributed by atoms with E-state index < -0.39 is 0 Å². The Morgan fingerprint density at radius 1 is 0.909 bits per heavy atom. The van der Waals surface area contributed by atoms with Crippen molar-refractivity contribution in [1.29, 1.82) is 0 Å². The molecule has 0 saturated carbocycles.